The highest BCUT2D eigenvalue weighted by Gasteiger charge is 2.36. The molecule has 0 bridgehead atoms. The van der Waals surface area contributed by atoms with Gasteiger partial charge in [0.1, 0.15) is 6.04 Å². The molecule has 1 heterocycles. The van der Waals surface area contributed by atoms with E-state index in [-0.39, 0.29) is 23.8 Å². The summed E-state index contributed by atoms with van der Waals surface area (Å²) in [7, 11) is 0. The van der Waals surface area contributed by atoms with Crippen LogP contribution in [0.4, 0.5) is 5.69 Å². The quantitative estimate of drug-likeness (QED) is 0.889. The topological polar surface area (TPSA) is 75.4 Å². The van der Waals surface area contributed by atoms with E-state index in [1.165, 1.54) is 0 Å². The molecule has 0 spiro atoms. The van der Waals surface area contributed by atoms with Crippen LogP contribution in [0.3, 0.4) is 0 Å². The van der Waals surface area contributed by atoms with E-state index in [4.69, 9.17) is 17.3 Å². The van der Waals surface area contributed by atoms with Crippen molar-refractivity contribution in [2.45, 2.75) is 37.8 Å². The Morgan fingerprint density at radius 1 is 1.27 bits per heavy atom. The number of nitrogens with two attached hydrogens (primary N) is 1. The Labute approximate surface area is 134 Å². The van der Waals surface area contributed by atoms with Crippen molar-refractivity contribution in [3.05, 3.63) is 29.3 Å². The fourth-order valence-electron chi connectivity index (χ4n) is 3.27. The van der Waals surface area contributed by atoms with Crippen molar-refractivity contribution < 1.29 is 9.59 Å². The van der Waals surface area contributed by atoms with Gasteiger partial charge in [-0.2, -0.15) is 0 Å². The number of benzene rings is 1. The molecule has 3 atom stereocenters. The van der Waals surface area contributed by atoms with Crippen molar-refractivity contribution in [1.29, 1.82) is 0 Å². The summed E-state index contributed by atoms with van der Waals surface area (Å²) in [5.74, 6) is -0.201. The van der Waals surface area contributed by atoms with Gasteiger partial charge in [-0.1, -0.05) is 23.7 Å². The van der Waals surface area contributed by atoms with Gasteiger partial charge in [0.15, 0.2) is 0 Å². The molecule has 0 unspecified atom stereocenters. The highest BCUT2D eigenvalue weighted by molar-refractivity contribution is 6.34. The molecular weight excluding hydrogens is 302 g/mol. The second kappa shape index (κ2) is 6.26. The Morgan fingerprint density at radius 2 is 2.05 bits per heavy atom. The molecule has 1 saturated heterocycles. The van der Waals surface area contributed by atoms with Gasteiger partial charge in [0.25, 0.3) is 0 Å². The number of halogens is 1. The standard InChI is InChI=1S/C16H20ClN3O2/c17-12-3-1-2-4-14(12)20-8-7-13(16(20)22)19-15(21)10-5-6-11(18)9-10/h1-4,10-11,13H,5-9,18H2,(H,19,21)/t10-,11+,13+/m0/s1. The lowest BCUT2D eigenvalue weighted by atomic mass is 10.1. The van der Waals surface area contributed by atoms with E-state index in [1.54, 1.807) is 11.0 Å². The van der Waals surface area contributed by atoms with Crippen LogP contribution in [-0.2, 0) is 9.59 Å². The third kappa shape index (κ3) is 2.96. The highest BCUT2D eigenvalue weighted by atomic mass is 35.5. The van der Waals surface area contributed by atoms with Crippen LogP contribution in [0.25, 0.3) is 0 Å². The summed E-state index contributed by atoms with van der Waals surface area (Å²) in [5, 5.41) is 3.43. The van der Waals surface area contributed by atoms with Crippen LogP contribution in [0.1, 0.15) is 25.7 Å². The van der Waals surface area contributed by atoms with Gasteiger partial charge in [0.2, 0.25) is 11.8 Å². The lowest BCUT2D eigenvalue weighted by Crippen LogP contribution is -2.43. The number of para-hydroxylation sites is 1. The second-order valence-corrected chi connectivity index (χ2v) is 6.47. The number of carbonyl (C=O) groups is 2. The van der Waals surface area contributed by atoms with Gasteiger partial charge in [-0.05, 0) is 37.8 Å². The number of hydrogen-bond acceptors (Lipinski definition) is 3. The second-order valence-electron chi connectivity index (χ2n) is 6.06. The fraction of sp³-hybridized carbons (Fsp3) is 0.500. The van der Waals surface area contributed by atoms with E-state index in [9.17, 15) is 9.59 Å². The van der Waals surface area contributed by atoms with Crippen molar-refractivity contribution in [3.8, 4) is 0 Å². The van der Waals surface area contributed by atoms with Crippen molar-refractivity contribution in [1.82, 2.24) is 5.32 Å². The first-order valence-electron chi connectivity index (χ1n) is 7.68. The van der Waals surface area contributed by atoms with E-state index in [0.29, 0.717) is 30.1 Å². The molecular formula is C16H20ClN3O2. The zero-order valence-electron chi connectivity index (χ0n) is 12.3. The Morgan fingerprint density at radius 3 is 2.73 bits per heavy atom. The number of rotatable bonds is 3. The molecule has 3 rings (SSSR count). The molecule has 5 nitrogen and oxygen atoms in total. The summed E-state index contributed by atoms with van der Waals surface area (Å²) in [6, 6.07) is 6.90. The number of amides is 2. The van der Waals surface area contributed by atoms with Gasteiger partial charge in [-0.3, -0.25) is 9.59 Å². The van der Waals surface area contributed by atoms with Crippen molar-refractivity contribution in [2.75, 3.05) is 11.4 Å². The summed E-state index contributed by atoms with van der Waals surface area (Å²) < 4.78 is 0. The first kappa shape index (κ1) is 15.3. The average Bonchev–Trinajstić information content (AvgIpc) is 3.07. The molecule has 1 aromatic carbocycles. The first-order valence-corrected chi connectivity index (χ1v) is 8.06. The predicted molar refractivity (Wildman–Crippen MR) is 85.7 cm³/mol. The van der Waals surface area contributed by atoms with E-state index in [1.807, 2.05) is 18.2 Å². The Hall–Kier alpha value is -1.59. The van der Waals surface area contributed by atoms with Crippen molar-refractivity contribution >= 4 is 29.1 Å². The van der Waals surface area contributed by atoms with Crippen LogP contribution in [0, 0.1) is 5.92 Å². The van der Waals surface area contributed by atoms with Gasteiger partial charge in [0, 0.05) is 18.5 Å². The van der Waals surface area contributed by atoms with Gasteiger partial charge in [-0.15, -0.1) is 0 Å². The van der Waals surface area contributed by atoms with Crippen LogP contribution in [0.15, 0.2) is 24.3 Å². The maximum atomic E-state index is 12.5. The zero-order chi connectivity index (χ0) is 15.7. The summed E-state index contributed by atoms with van der Waals surface area (Å²) in [6.07, 6.45) is 3.00. The minimum absolute atomic E-state index is 0.0488. The van der Waals surface area contributed by atoms with Crippen molar-refractivity contribution in [3.63, 3.8) is 0 Å². The predicted octanol–water partition coefficient (Wildman–Crippen LogP) is 1.69. The van der Waals surface area contributed by atoms with Gasteiger partial charge < -0.3 is 16.0 Å². The minimum Gasteiger partial charge on any atom is -0.344 e. The molecule has 0 aromatic heterocycles. The number of nitrogens with one attached hydrogen (secondary N) is 1. The van der Waals surface area contributed by atoms with Crippen LogP contribution >= 0.6 is 11.6 Å². The molecule has 3 N–H and O–H groups in total. The van der Waals surface area contributed by atoms with E-state index < -0.39 is 6.04 Å². The van der Waals surface area contributed by atoms with Crippen LogP contribution in [0.5, 0.6) is 0 Å². The molecule has 1 saturated carbocycles. The largest absolute Gasteiger partial charge is 0.344 e. The minimum atomic E-state index is -0.458. The third-order valence-corrected chi connectivity index (χ3v) is 4.83. The molecule has 1 aliphatic carbocycles. The summed E-state index contributed by atoms with van der Waals surface area (Å²) in [5.41, 5.74) is 6.55. The molecule has 2 aliphatic rings. The number of anilines is 1. The van der Waals surface area contributed by atoms with Crippen LogP contribution in [-0.4, -0.2) is 30.4 Å². The Bertz CT molecular complexity index is 593. The van der Waals surface area contributed by atoms with Gasteiger partial charge in [-0.25, -0.2) is 0 Å². The average molecular weight is 322 g/mol. The SMILES string of the molecule is N[C@@H]1CC[C@H](C(=O)N[C@@H]2CCN(c3ccccc3Cl)C2=O)C1. The number of carbonyl (C=O) groups excluding carboxylic acids is 2. The Balaban J connectivity index is 1.64. The molecule has 22 heavy (non-hydrogen) atoms. The molecule has 1 aromatic rings. The number of hydrogen-bond donors (Lipinski definition) is 2. The molecule has 0 radical (unpaired) electrons. The van der Waals surface area contributed by atoms with E-state index in [0.717, 1.165) is 12.8 Å². The summed E-state index contributed by atoms with van der Waals surface area (Å²) in [4.78, 5) is 26.4. The summed E-state index contributed by atoms with van der Waals surface area (Å²) >= 11 is 6.15. The molecule has 118 valence electrons. The maximum Gasteiger partial charge on any atom is 0.249 e. The third-order valence-electron chi connectivity index (χ3n) is 4.51. The highest BCUT2D eigenvalue weighted by Crippen LogP contribution is 2.29. The lowest BCUT2D eigenvalue weighted by Gasteiger charge is -2.19. The van der Waals surface area contributed by atoms with Crippen molar-refractivity contribution in [2.24, 2.45) is 11.7 Å². The van der Waals surface area contributed by atoms with Crippen LogP contribution in [0.2, 0.25) is 5.02 Å². The molecule has 2 fully saturated rings. The number of nitrogens with zero attached hydrogens (tertiary/aromatic N) is 1. The first-order chi connectivity index (χ1) is 10.6. The Kier molecular flexibility index (Phi) is 4.36. The monoisotopic (exact) mass is 321 g/mol. The van der Waals surface area contributed by atoms with E-state index >= 15 is 0 Å². The van der Waals surface area contributed by atoms with E-state index in [2.05, 4.69) is 5.32 Å². The smallest absolute Gasteiger partial charge is 0.249 e. The summed E-state index contributed by atoms with van der Waals surface area (Å²) in [6.45, 7) is 0.567. The molecule has 2 amide bonds. The van der Waals surface area contributed by atoms with Gasteiger partial charge in [0.05, 0.1) is 10.7 Å². The van der Waals surface area contributed by atoms with Gasteiger partial charge >= 0.3 is 0 Å². The molecule has 6 heteroatoms. The van der Waals surface area contributed by atoms with Crippen LogP contribution < -0.4 is 16.0 Å². The maximum absolute atomic E-state index is 12.5. The normalized spacial score (nSPS) is 28.2. The molecule has 1 aliphatic heterocycles. The zero-order valence-corrected chi connectivity index (χ0v) is 13.1. The lowest BCUT2D eigenvalue weighted by molar-refractivity contribution is -0.129. The fourth-order valence-corrected chi connectivity index (χ4v) is 3.51.